The molecule has 0 radical (unpaired) electrons. The van der Waals surface area contributed by atoms with Crippen molar-refractivity contribution in [2.75, 3.05) is 0 Å². The van der Waals surface area contributed by atoms with Gasteiger partial charge in [0, 0.05) is 18.8 Å². The molecule has 0 saturated heterocycles. The van der Waals surface area contributed by atoms with Crippen LogP contribution in [0.5, 0.6) is 0 Å². The molecule has 18 heavy (non-hydrogen) atoms. The summed E-state index contributed by atoms with van der Waals surface area (Å²) in [5, 5.41) is 17.3. The van der Waals surface area contributed by atoms with E-state index >= 15 is 0 Å². The standard InChI is InChI=1S/C15H20N2O/c1-11-10-15(2,3)13(7-5-9-17)14(18)12(11)6-4-8-16/h13H,4-7,10H2,1-3H3/t13-/m1/s1. The van der Waals surface area contributed by atoms with E-state index in [-0.39, 0.29) is 17.1 Å². The lowest BCUT2D eigenvalue weighted by atomic mass is 9.64. The summed E-state index contributed by atoms with van der Waals surface area (Å²) in [6.07, 6.45) is 2.88. The lowest BCUT2D eigenvalue weighted by Crippen LogP contribution is -2.36. The predicted octanol–water partition coefficient (Wildman–Crippen LogP) is 3.53. The molecule has 96 valence electrons. The summed E-state index contributed by atoms with van der Waals surface area (Å²) < 4.78 is 0. The molecule has 0 amide bonds. The molecule has 0 spiro atoms. The number of hydrogen-bond donors (Lipinski definition) is 0. The molecule has 0 aromatic rings. The molecule has 1 atom stereocenters. The van der Waals surface area contributed by atoms with E-state index in [1.807, 2.05) is 6.92 Å². The number of nitrogens with zero attached hydrogens (tertiary/aromatic N) is 2. The highest BCUT2D eigenvalue weighted by molar-refractivity contribution is 5.99. The zero-order chi connectivity index (χ0) is 13.8. The van der Waals surface area contributed by atoms with E-state index in [1.54, 1.807) is 0 Å². The van der Waals surface area contributed by atoms with E-state index in [2.05, 4.69) is 26.0 Å². The fraction of sp³-hybridized carbons (Fsp3) is 0.667. The van der Waals surface area contributed by atoms with Crippen LogP contribution in [0.3, 0.4) is 0 Å². The fourth-order valence-electron chi connectivity index (χ4n) is 2.94. The highest BCUT2D eigenvalue weighted by Gasteiger charge is 2.40. The number of Topliss-reactive ketones (excluding diaryl/α,β-unsaturated/α-hetero) is 1. The minimum absolute atomic E-state index is 0.0745. The highest BCUT2D eigenvalue weighted by atomic mass is 16.1. The second-order valence-electron chi connectivity index (χ2n) is 5.70. The maximum atomic E-state index is 12.5. The number of carbonyl (C=O) groups excluding carboxylic acids is 1. The van der Waals surface area contributed by atoms with Crippen LogP contribution in [0.25, 0.3) is 0 Å². The van der Waals surface area contributed by atoms with Crippen molar-refractivity contribution < 1.29 is 4.79 Å². The Balaban J connectivity index is 2.98. The van der Waals surface area contributed by atoms with Gasteiger partial charge in [-0.15, -0.1) is 0 Å². The van der Waals surface area contributed by atoms with E-state index < -0.39 is 0 Å². The first kappa shape index (κ1) is 14.5. The van der Waals surface area contributed by atoms with Crippen LogP contribution in [-0.4, -0.2) is 5.78 Å². The van der Waals surface area contributed by atoms with Gasteiger partial charge in [0.1, 0.15) is 0 Å². The normalized spacial score (nSPS) is 22.5. The summed E-state index contributed by atoms with van der Waals surface area (Å²) in [7, 11) is 0. The summed E-state index contributed by atoms with van der Waals surface area (Å²) in [6, 6.07) is 4.22. The molecular formula is C15H20N2O. The van der Waals surface area contributed by atoms with Crippen molar-refractivity contribution in [1.29, 1.82) is 10.5 Å². The quantitative estimate of drug-likeness (QED) is 0.759. The van der Waals surface area contributed by atoms with Gasteiger partial charge < -0.3 is 0 Å². The number of hydrogen-bond acceptors (Lipinski definition) is 3. The van der Waals surface area contributed by atoms with Gasteiger partial charge in [-0.25, -0.2) is 0 Å². The molecular weight excluding hydrogens is 224 g/mol. The Morgan fingerprint density at radius 2 is 1.89 bits per heavy atom. The van der Waals surface area contributed by atoms with Gasteiger partial charge in [-0.1, -0.05) is 19.4 Å². The summed E-state index contributed by atoms with van der Waals surface area (Å²) in [4.78, 5) is 12.5. The molecule has 0 fully saturated rings. The zero-order valence-electron chi connectivity index (χ0n) is 11.4. The molecule has 1 aliphatic carbocycles. The van der Waals surface area contributed by atoms with Crippen molar-refractivity contribution in [2.24, 2.45) is 11.3 Å². The summed E-state index contributed by atoms with van der Waals surface area (Å²) in [5.41, 5.74) is 1.88. The highest BCUT2D eigenvalue weighted by Crippen LogP contribution is 2.44. The van der Waals surface area contributed by atoms with Gasteiger partial charge in [0.25, 0.3) is 0 Å². The van der Waals surface area contributed by atoms with Gasteiger partial charge in [0.05, 0.1) is 12.1 Å². The third-order valence-electron chi connectivity index (χ3n) is 3.82. The minimum Gasteiger partial charge on any atom is -0.294 e. The summed E-state index contributed by atoms with van der Waals surface area (Å²) >= 11 is 0. The first-order valence-electron chi connectivity index (χ1n) is 6.40. The first-order valence-corrected chi connectivity index (χ1v) is 6.40. The molecule has 1 rings (SSSR count). The van der Waals surface area contributed by atoms with Crippen LogP contribution in [0.15, 0.2) is 11.1 Å². The van der Waals surface area contributed by atoms with Crippen molar-refractivity contribution in [3.63, 3.8) is 0 Å². The minimum atomic E-state index is -0.0752. The molecule has 0 heterocycles. The van der Waals surface area contributed by atoms with Crippen LogP contribution in [0.4, 0.5) is 0 Å². The van der Waals surface area contributed by atoms with Crippen LogP contribution < -0.4 is 0 Å². The Morgan fingerprint density at radius 3 is 2.44 bits per heavy atom. The average molecular weight is 244 g/mol. The van der Waals surface area contributed by atoms with Crippen molar-refractivity contribution in [2.45, 2.75) is 52.9 Å². The largest absolute Gasteiger partial charge is 0.294 e. The molecule has 0 aromatic carbocycles. The Morgan fingerprint density at radius 1 is 1.28 bits per heavy atom. The number of ketones is 1. The second kappa shape index (κ2) is 5.83. The van der Waals surface area contributed by atoms with Gasteiger partial charge in [-0.2, -0.15) is 10.5 Å². The van der Waals surface area contributed by atoms with Crippen molar-refractivity contribution in [1.82, 2.24) is 0 Å². The van der Waals surface area contributed by atoms with Gasteiger partial charge in [0.2, 0.25) is 0 Å². The number of rotatable bonds is 4. The first-order chi connectivity index (χ1) is 8.44. The van der Waals surface area contributed by atoms with Gasteiger partial charge in [-0.05, 0) is 37.2 Å². The van der Waals surface area contributed by atoms with Crippen molar-refractivity contribution in [3.05, 3.63) is 11.1 Å². The Bertz CT molecular complexity index is 446. The van der Waals surface area contributed by atoms with Crippen LogP contribution in [-0.2, 0) is 4.79 Å². The van der Waals surface area contributed by atoms with E-state index in [9.17, 15) is 4.79 Å². The Labute approximate surface area is 109 Å². The third kappa shape index (κ3) is 2.99. The van der Waals surface area contributed by atoms with E-state index in [0.29, 0.717) is 25.7 Å². The average Bonchev–Trinajstić information content (AvgIpc) is 2.27. The second-order valence-corrected chi connectivity index (χ2v) is 5.70. The summed E-state index contributed by atoms with van der Waals surface area (Å²) in [5.74, 6) is 0.0868. The van der Waals surface area contributed by atoms with Crippen LogP contribution in [0.1, 0.15) is 52.9 Å². The maximum Gasteiger partial charge on any atom is 0.162 e. The SMILES string of the molecule is CC1=C(CCC#N)C(=O)[C@@H](CCC#N)C(C)(C)C1. The zero-order valence-corrected chi connectivity index (χ0v) is 11.4. The Hall–Kier alpha value is -1.61. The van der Waals surface area contributed by atoms with E-state index in [4.69, 9.17) is 10.5 Å². The molecule has 3 nitrogen and oxygen atoms in total. The number of allylic oxidation sites excluding steroid dienone is 2. The molecule has 0 saturated carbocycles. The van der Waals surface area contributed by atoms with Crippen LogP contribution in [0, 0.1) is 34.0 Å². The van der Waals surface area contributed by atoms with Gasteiger partial charge in [-0.3, -0.25) is 4.79 Å². The molecule has 0 aliphatic heterocycles. The van der Waals surface area contributed by atoms with Crippen LogP contribution in [0.2, 0.25) is 0 Å². The lowest BCUT2D eigenvalue weighted by molar-refractivity contribution is -0.124. The van der Waals surface area contributed by atoms with Gasteiger partial charge >= 0.3 is 0 Å². The maximum absolute atomic E-state index is 12.5. The van der Waals surface area contributed by atoms with Gasteiger partial charge in [0.15, 0.2) is 5.78 Å². The number of carbonyl (C=O) groups is 1. The summed E-state index contributed by atoms with van der Waals surface area (Å²) in [6.45, 7) is 6.18. The molecule has 3 heteroatoms. The molecule has 0 aromatic heterocycles. The molecule has 1 aliphatic rings. The molecule has 0 bridgehead atoms. The van der Waals surface area contributed by atoms with Crippen molar-refractivity contribution in [3.8, 4) is 12.1 Å². The van der Waals surface area contributed by atoms with Crippen LogP contribution >= 0.6 is 0 Å². The predicted molar refractivity (Wildman–Crippen MR) is 69.3 cm³/mol. The third-order valence-corrected chi connectivity index (χ3v) is 3.82. The smallest absolute Gasteiger partial charge is 0.162 e. The monoisotopic (exact) mass is 244 g/mol. The fourth-order valence-corrected chi connectivity index (χ4v) is 2.94. The lowest BCUT2D eigenvalue weighted by Gasteiger charge is -2.39. The topological polar surface area (TPSA) is 64.7 Å². The molecule has 0 unspecified atom stereocenters. The Kier molecular flexibility index (Phi) is 4.68. The van der Waals surface area contributed by atoms with E-state index in [1.165, 1.54) is 0 Å². The van der Waals surface area contributed by atoms with E-state index in [0.717, 1.165) is 17.6 Å². The van der Waals surface area contributed by atoms with Crippen molar-refractivity contribution >= 4 is 5.78 Å². The number of nitriles is 2. The molecule has 0 N–H and O–H groups in total.